The number of benzene rings is 2. The highest BCUT2D eigenvalue weighted by atomic mass is 32.2. The molecule has 0 aliphatic heterocycles. The molecule has 0 unspecified atom stereocenters. The number of hydrogen-bond donors (Lipinski definition) is 2. The van der Waals surface area contributed by atoms with Gasteiger partial charge in [0.1, 0.15) is 10.7 Å². The number of anilines is 1. The van der Waals surface area contributed by atoms with Crippen molar-refractivity contribution in [1.82, 2.24) is 15.2 Å². The van der Waals surface area contributed by atoms with Crippen LogP contribution in [0.25, 0.3) is 21.7 Å². The van der Waals surface area contributed by atoms with Gasteiger partial charge < -0.3 is 11.1 Å². The zero-order chi connectivity index (χ0) is 21.6. The van der Waals surface area contributed by atoms with Crippen molar-refractivity contribution in [3.05, 3.63) is 78.5 Å². The third-order valence-corrected chi connectivity index (χ3v) is 6.20. The molecule has 0 radical (unpaired) electrons. The van der Waals surface area contributed by atoms with Gasteiger partial charge in [-0.15, -0.1) is 21.5 Å². The van der Waals surface area contributed by atoms with Gasteiger partial charge in [0.2, 0.25) is 11.1 Å². The van der Waals surface area contributed by atoms with Crippen molar-refractivity contribution in [3.8, 4) is 21.7 Å². The molecule has 2 aromatic heterocycles. The maximum atomic E-state index is 12.4. The topological polar surface area (TPSA) is 111 Å². The molecule has 2 aromatic carbocycles. The van der Waals surface area contributed by atoms with Crippen molar-refractivity contribution in [2.45, 2.75) is 5.16 Å². The normalized spacial score (nSPS) is 10.6. The molecule has 7 nitrogen and oxygen atoms in total. The van der Waals surface area contributed by atoms with Gasteiger partial charge in [0.25, 0.3) is 5.91 Å². The van der Waals surface area contributed by atoms with E-state index in [1.807, 2.05) is 60.7 Å². The smallest absolute Gasteiger partial charge is 0.251 e. The van der Waals surface area contributed by atoms with Gasteiger partial charge in [0, 0.05) is 10.4 Å². The molecule has 0 atom stereocenters. The number of nitrogens with one attached hydrogen (secondary N) is 1. The van der Waals surface area contributed by atoms with Crippen LogP contribution in [0.15, 0.2) is 78.1 Å². The summed E-state index contributed by atoms with van der Waals surface area (Å²) in [6.07, 6.45) is 1.62. The molecule has 0 aliphatic carbocycles. The Morgan fingerprint density at radius 2 is 1.65 bits per heavy atom. The van der Waals surface area contributed by atoms with Crippen LogP contribution >= 0.6 is 23.1 Å². The van der Waals surface area contributed by atoms with Crippen LogP contribution in [-0.2, 0) is 4.79 Å². The minimum atomic E-state index is -0.592. The molecular weight excluding hydrogens is 430 g/mol. The van der Waals surface area contributed by atoms with E-state index in [0.717, 1.165) is 27.8 Å². The number of hydrogen-bond acceptors (Lipinski definition) is 7. The molecule has 9 heteroatoms. The van der Waals surface area contributed by atoms with Crippen molar-refractivity contribution in [1.29, 1.82) is 0 Å². The number of carbonyl (C=O) groups excluding carboxylic acids is 2. The van der Waals surface area contributed by atoms with Crippen LogP contribution in [0.4, 0.5) is 5.00 Å². The number of thioether (sulfide) groups is 1. The Morgan fingerprint density at radius 1 is 0.968 bits per heavy atom. The van der Waals surface area contributed by atoms with Crippen molar-refractivity contribution in [2.75, 3.05) is 11.1 Å². The predicted octanol–water partition coefficient (Wildman–Crippen LogP) is 4.10. The highest BCUT2D eigenvalue weighted by Crippen LogP contribution is 2.35. The summed E-state index contributed by atoms with van der Waals surface area (Å²) in [7, 11) is 0. The molecule has 0 aliphatic rings. The second-order valence-electron chi connectivity index (χ2n) is 6.41. The Bertz CT molecular complexity index is 1200. The number of nitrogens with two attached hydrogens (primary N) is 1. The number of aromatic nitrogens is 3. The van der Waals surface area contributed by atoms with Gasteiger partial charge in [-0.25, -0.2) is 4.98 Å². The highest BCUT2D eigenvalue weighted by molar-refractivity contribution is 7.99. The van der Waals surface area contributed by atoms with E-state index in [1.165, 1.54) is 11.3 Å². The summed E-state index contributed by atoms with van der Waals surface area (Å²) in [4.78, 5) is 29.4. The van der Waals surface area contributed by atoms with Gasteiger partial charge >= 0.3 is 0 Å². The second kappa shape index (κ2) is 9.50. The molecule has 0 fully saturated rings. The van der Waals surface area contributed by atoms with Crippen LogP contribution in [-0.4, -0.2) is 32.7 Å². The molecule has 0 saturated carbocycles. The molecule has 0 saturated heterocycles. The van der Waals surface area contributed by atoms with E-state index in [-0.39, 0.29) is 17.2 Å². The van der Waals surface area contributed by atoms with E-state index in [2.05, 4.69) is 20.5 Å². The molecule has 0 spiro atoms. The Labute approximate surface area is 186 Å². The lowest BCUT2D eigenvalue weighted by molar-refractivity contribution is -0.113. The monoisotopic (exact) mass is 447 g/mol. The summed E-state index contributed by atoms with van der Waals surface area (Å²) in [6, 6.07) is 20.9. The van der Waals surface area contributed by atoms with Crippen LogP contribution < -0.4 is 11.1 Å². The van der Waals surface area contributed by atoms with E-state index in [1.54, 1.807) is 12.3 Å². The van der Waals surface area contributed by atoms with Crippen LogP contribution in [0.1, 0.15) is 10.4 Å². The van der Waals surface area contributed by atoms with Gasteiger partial charge in [-0.05, 0) is 11.6 Å². The SMILES string of the molecule is NC(=O)c1cc(-c2ccccc2)sc1NC(=O)CSc1ncc(-c2ccccc2)nn1. The lowest BCUT2D eigenvalue weighted by Gasteiger charge is -2.04. The quantitative estimate of drug-likeness (QED) is 0.413. The van der Waals surface area contributed by atoms with Crippen molar-refractivity contribution < 1.29 is 9.59 Å². The lowest BCUT2D eigenvalue weighted by Crippen LogP contribution is -2.17. The third kappa shape index (κ3) is 5.14. The maximum Gasteiger partial charge on any atom is 0.251 e. The lowest BCUT2D eigenvalue weighted by atomic mass is 10.1. The number of thiophene rings is 1. The number of nitrogens with zero attached hydrogens (tertiary/aromatic N) is 3. The maximum absolute atomic E-state index is 12.4. The Kier molecular flexibility index (Phi) is 6.34. The fraction of sp³-hybridized carbons (Fsp3) is 0.0455. The average Bonchev–Trinajstić information content (AvgIpc) is 3.23. The van der Waals surface area contributed by atoms with E-state index in [4.69, 9.17) is 5.73 Å². The third-order valence-electron chi connectivity index (χ3n) is 4.25. The first kappa shape index (κ1) is 20.7. The largest absolute Gasteiger partial charge is 0.366 e. The van der Waals surface area contributed by atoms with Crippen LogP contribution in [0.3, 0.4) is 0 Å². The number of amides is 2. The molecular formula is C22H17N5O2S2. The van der Waals surface area contributed by atoms with Crippen molar-refractivity contribution in [3.63, 3.8) is 0 Å². The van der Waals surface area contributed by atoms with Gasteiger partial charge in [-0.2, -0.15) is 0 Å². The first-order valence-electron chi connectivity index (χ1n) is 9.27. The zero-order valence-corrected chi connectivity index (χ0v) is 17.8. The molecule has 0 bridgehead atoms. The summed E-state index contributed by atoms with van der Waals surface area (Å²) in [5.74, 6) is -0.807. The summed E-state index contributed by atoms with van der Waals surface area (Å²) in [6.45, 7) is 0. The predicted molar refractivity (Wildman–Crippen MR) is 123 cm³/mol. The van der Waals surface area contributed by atoms with E-state index in [0.29, 0.717) is 15.9 Å². The molecule has 3 N–H and O–H groups in total. The van der Waals surface area contributed by atoms with Crippen LogP contribution in [0, 0.1) is 0 Å². The van der Waals surface area contributed by atoms with E-state index >= 15 is 0 Å². The Balaban J connectivity index is 1.41. The van der Waals surface area contributed by atoms with E-state index in [9.17, 15) is 9.59 Å². The fourth-order valence-electron chi connectivity index (χ4n) is 2.78. The van der Waals surface area contributed by atoms with Crippen LogP contribution in [0.2, 0.25) is 0 Å². The summed E-state index contributed by atoms with van der Waals surface area (Å²) in [5.41, 5.74) is 8.30. The fourth-order valence-corrected chi connectivity index (χ4v) is 4.42. The summed E-state index contributed by atoms with van der Waals surface area (Å²) < 4.78 is 0. The standard InChI is InChI=1S/C22H17N5O2S2/c23-20(29)16-11-18(15-9-5-2-6-10-15)31-21(16)25-19(28)13-30-22-24-12-17(26-27-22)14-7-3-1-4-8-14/h1-12H,13H2,(H2,23,29)(H,25,28). The van der Waals surface area contributed by atoms with Gasteiger partial charge in [-0.3, -0.25) is 9.59 Å². The second-order valence-corrected chi connectivity index (χ2v) is 8.41. The summed E-state index contributed by atoms with van der Waals surface area (Å²) in [5, 5.41) is 11.8. The molecule has 2 heterocycles. The minimum Gasteiger partial charge on any atom is -0.366 e. The van der Waals surface area contributed by atoms with Crippen molar-refractivity contribution >= 4 is 39.9 Å². The van der Waals surface area contributed by atoms with Gasteiger partial charge in [0.15, 0.2) is 0 Å². The van der Waals surface area contributed by atoms with Gasteiger partial charge in [-0.1, -0.05) is 72.4 Å². The molecule has 4 rings (SSSR count). The molecule has 154 valence electrons. The highest BCUT2D eigenvalue weighted by Gasteiger charge is 2.17. The van der Waals surface area contributed by atoms with E-state index < -0.39 is 5.91 Å². The van der Waals surface area contributed by atoms with Crippen LogP contribution in [0.5, 0.6) is 0 Å². The number of rotatable bonds is 7. The number of carbonyl (C=O) groups is 2. The number of primary amides is 1. The Hall–Kier alpha value is -3.56. The first-order chi connectivity index (χ1) is 15.1. The molecule has 2 amide bonds. The van der Waals surface area contributed by atoms with Crippen molar-refractivity contribution in [2.24, 2.45) is 5.73 Å². The van der Waals surface area contributed by atoms with Gasteiger partial charge in [0.05, 0.1) is 17.5 Å². The average molecular weight is 448 g/mol. The zero-order valence-electron chi connectivity index (χ0n) is 16.2. The Morgan fingerprint density at radius 3 is 2.26 bits per heavy atom. The first-order valence-corrected chi connectivity index (χ1v) is 11.1. The summed E-state index contributed by atoms with van der Waals surface area (Å²) >= 11 is 2.47. The minimum absolute atomic E-state index is 0.0726. The molecule has 31 heavy (non-hydrogen) atoms. The molecule has 4 aromatic rings.